The molecule has 0 aliphatic carbocycles. The Balaban J connectivity index is 2.21. The summed E-state index contributed by atoms with van der Waals surface area (Å²) < 4.78 is 13.4. The molecule has 1 aliphatic heterocycles. The minimum atomic E-state index is -0.236. The standard InChI is InChI=1S/C15H22FN3O/c1-11(12-5-4-6-13(16)9-12)19-8-7-17-10-14(19)15(20)18(2)3/h4-6,9,11,14,17H,7-8,10H2,1-3H3. The molecule has 1 aromatic rings. The highest BCUT2D eigenvalue weighted by Crippen LogP contribution is 2.24. The van der Waals surface area contributed by atoms with Crippen LogP contribution in [-0.4, -0.2) is 55.5 Å². The van der Waals surface area contributed by atoms with Crippen LogP contribution in [0.1, 0.15) is 18.5 Å². The number of benzene rings is 1. The summed E-state index contributed by atoms with van der Waals surface area (Å²) in [6, 6.07) is 6.43. The lowest BCUT2D eigenvalue weighted by atomic mass is 10.0. The normalized spacial score (nSPS) is 21.5. The van der Waals surface area contributed by atoms with Gasteiger partial charge in [0, 0.05) is 39.8 Å². The molecule has 4 nitrogen and oxygen atoms in total. The van der Waals surface area contributed by atoms with Crippen LogP contribution in [0.25, 0.3) is 0 Å². The van der Waals surface area contributed by atoms with Crippen LogP contribution in [0, 0.1) is 5.82 Å². The van der Waals surface area contributed by atoms with E-state index in [1.807, 2.05) is 13.0 Å². The summed E-state index contributed by atoms with van der Waals surface area (Å²) in [5, 5.41) is 3.26. The molecule has 1 saturated heterocycles. The first kappa shape index (κ1) is 14.9. The second kappa shape index (κ2) is 6.33. The summed E-state index contributed by atoms with van der Waals surface area (Å²) in [6.45, 7) is 4.28. The number of rotatable bonds is 3. The fraction of sp³-hybridized carbons (Fsp3) is 0.533. The third kappa shape index (κ3) is 3.16. The monoisotopic (exact) mass is 279 g/mol. The summed E-state index contributed by atoms with van der Waals surface area (Å²) >= 11 is 0. The summed E-state index contributed by atoms with van der Waals surface area (Å²) in [7, 11) is 3.53. The van der Waals surface area contributed by atoms with Gasteiger partial charge < -0.3 is 10.2 Å². The minimum Gasteiger partial charge on any atom is -0.347 e. The first-order chi connectivity index (χ1) is 9.50. The van der Waals surface area contributed by atoms with E-state index in [1.54, 1.807) is 31.1 Å². The number of piperazine rings is 1. The maximum absolute atomic E-state index is 13.4. The average Bonchev–Trinajstić information content (AvgIpc) is 2.45. The molecule has 20 heavy (non-hydrogen) atoms. The van der Waals surface area contributed by atoms with Crippen LogP contribution in [0.3, 0.4) is 0 Å². The quantitative estimate of drug-likeness (QED) is 0.904. The second-order valence-electron chi connectivity index (χ2n) is 5.42. The Morgan fingerprint density at radius 2 is 2.25 bits per heavy atom. The zero-order valence-electron chi connectivity index (χ0n) is 12.3. The van der Waals surface area contributed by atoms with Crippen molar-refractivity contribution < 1.29 is 9.18 Å². The SMILES string of the molecule is CC(c1cccc(F)c1)N1CCNCC1C(=O)N(C)C. The van der Waals surface area contributed by atoms with Crippen molar-refractivity contribution >= 4 is 5.91 Å². The Bertz CT molecular complexity index is 478. The molecular weight excluding hydrogens is 257 g/mol. The minimum absolute atomic E-state index is 0.0155. The maximum Gasteiger partial charge on any atom is 0.240 e. The van der Waals surface area contributed by atoms with Gasteiger partial charge in [-0.1, -0.05) is 12.1 Å². The predicted octanol–water partition coefficient (Wildman–Crippen LogP) is 1.25. The molecule has 2 rings (SSSR count). The molecule has 0 saturated carbocycles. The molecule has 5 heteroatoms. The molecule has 0 bridgehead atoms. The van der Waals surface area contributed by atoms with Crippen molar-refractivity contribution in [2.75, 3.05) is 33.7 Å². The summed E-state index contributed by atoms with van der Waals surface area (Å²) in [4.78, 5) is 16.0. The molecule has 2 unspecified atom stereocenters. The van der Waals surface area contributed by atoms with Crippen LogP contribution >= 0.6 is 0 Å². The van der Waals surface area contributed by atoms with Crippen LogP contribution in [-0.2, 0) is 4.79 Å². The fourth-order valence-corrected chi connectivity index (χ4v) is 2.67. The van der Waals surface area contributed by atoms with Crippen molar-refractivity contribution in [2.45, 2.75) is 19.0 Å². The Kier molecular flexibility index (Phi) is 4.73. The van der Waals surface area contributed by atoms with Gasteiger partial charge in [-0.2, -0.15) is 0 Å². The number of nitrogens with one attached hydrogen (secondary N) is 1. The average molecular weight is 279 g/mol. The Morgan fingerprint density at radius 1 is 1.50 bits per heavy atom. The van der Waals surface area contributed by atoms with Gasteiger partial charge in [0.25, 0.3) is 0 Å². The van der Waals surface area contributed by atoms with E-state index in [0.29, 0.717) is 6.54 Å². The van der Waals surface area contributed by atoms with E-state index in [2.05, 4.69) is 10.2 Å². The molecule has 1 fully saturated rings. The molecular formula is C15H22FN3O. The van der Waals surface area contributed by atoms with Crippen molar-refractivity contribution in [1.29, 1.82) is 0 Å². The highest BCUT2D eigenvalue weighted by Gasteiger charge is 2.33. The molecule has 110 valence electrons. The van der Waals surface area contributed by atoms with Crippen molar-refractivity contribution in [3.8, 4) is 0 Å². The molecule has 1 aromatic carbocycles. The number of carbonyl (C=O) groups excluding carboxylic acids is 1. The molecule has 0 aromatic heterocycles. The zero-order chi connectivity index (χ0) is 14.7. The number of amides is 1. The summed E-state index contributed by atoms with van der Waals surface area (Å²) in [5.41, 5.74) is 0.906. The van der Waals surface area contributed by atoms with Gasteiger partial charge in [-0.3, -0.25) is 9.69 Å². The van der Waals surface area contributed by atoms with Crippen LogP contribution in [0.2, 0.25) is 0 Å². The van der Waals surface area contributed by atoms with Gasteiger partial charge >= 0.3 is 0 Å². The lowest BCUT2D eigenvalue weighted by molar-refractivity contribution is -0.136. The Labute approximate surface area is 119 Å². The number of halogens is 1. The summed E-state index contributed by atoms with van der Waals surface area (Å²) in [5.74, 6) is -0.152. The molecule has 0 spiro atoms. The van der Waals surface area contributed by atoms with Crippen LogP contribution in [0.15, 0.2) is 24.3 Å². The third-order valence-electron chi connectivity index (χ3n) is 3.84. The third-order valence-corrected chi connectivity index (χ3v) is 3.84. The first-order valence-electron chi connectivity index (χ1n) is 6.94. The van der Waals surface area contributed by atoms with Gasteiger partial charge in [-0.15, -0.1) is 0 Å². The van der Waals surface area contributed by atoms with Crippen LogP contribution in [0.5, 0.6) is 0 Å². The molecule has 1 aliphatic rings. The van der Waals surface area contributed by atoms with E-state index in [4.69, 9.17) is 0 Å². The van der Waals surface area contributed by atoms with E-state index < -0.39 is 0 Å². The van der Waals surface area contributed by atoms with E-state index in [0.717, 1.165) is 18.7 Å². The smallest absolute Gasteiger partial charge is 0.240 e. The summed E-state index contributed by atoms with van der Waals surface area (Å²) in [6.07, 6.45) is 0. The highest BCUT2D eigenvalue weighted by atomic mass is 19.1. The Hall–Kier alpha value is -1.46. The van der Waals surface area contributed by atoms with E-state index >= 15 is 0 Å². The van der Waals surface area contributed by atoms with Gasteiger partial charge in [0.15, 0.2) is 0 Å². The lowest BCUT2D eigenvalue weighted by Gasteiger charge is -2.40. The van der Waals surface area contributed by atoms with Crippen molar-refractivity contribution in [3.05, 3.63) is 35.6 Å². The molecule has 1 heterocycles. The lowest BCUT2D eigenvalue weighted by Crippen LogP contribution is -2.58. The van der Waals surface area contributed by atoms with Gasteiger partial charge in [0.2, 0.25) is 5.91 Å². The number of hydrogen-bond donors (Lipinski definition) is 1. The van der Waals surface area contributed by atoms with Gasteiger partial charge in [-0.05, 0) is 24.6 Å². The molecule has 2 atom stereocenters. The molecule has 0 radical (unpaired) electrons. The van der Waals surface area contributed by atoms with E-state index in [-0.39, 0.29) is 23.8 Å². The van der Waals surface area contributed by atoms with Crippen LogP contribution < -0.4 is 5.32 Å². The van der Waals surface area contributed by atoms with Crippen molar-refractivity contribution in [1.82, 2.24) is 15.1 Å². The van der Waals surface area contributed by atoms with Gasteiger partial charge in [0.05, 0.1) is 0 Å². The largest absolute Gasteiger partial charge is 0.347 e. The van der Waals surface area contributed by atoms with Crippen molar-refractivity contribution in [3.63, 3.8) is 0 Å². The maximum atomic E-state index is 13.4. The van der Waals surface area contributed by atoms with Gasteiger partial charge in [0.1, 0.15) is 11.9 Å². The van der Waals surface area contributed by atoms with E-state index in [9.17, 15) is 9.18 Å². The molecule has 1 N–H and O–H groups in total. The molecule has 1 amide bonds. The Morgan fingerprint density at radius 3 is 2.90 bits per heavy atom. The fourth-order valence-electron chi connectivity index (χ4n) is 2.67. The van der Waals surface area contributed by atoms with Gasteiger partial charge in [-0.25, -0.2) is 4.39 Å². The number of likely N-dealkylation sites (N-methyl/N-ethyl adjacent to an activating group) is 1. The number of nitrogens with zero attached hydrogens (tertiary/aromatic N) is 2. The van der Waals surface area contributed by atoms with Crippen molar-refractivity contribution in [2.24, 2.45) is 0 Å². The number of carbonyl (C=O) groups is 1. The first-order valence-corrected chi connectivity index (χ1v) is 6.94. The second-order valence-corrected chi connectivity index (χ2v) is 5.42. The van der Waals surface area contributed by atoms with E-state index in [1.165, 1.54) is 6.07 Å². The zero-order valence-corrected chi connectivity index (χ0v) is 12.3. The predicted molar refractivity (Wildman–Crippen MR) is 76.9 cm³/mol. The van der Waals surface area contributed by atoms with Crippen LogP contribution in [0.4, 0.5) is 4.39 Å². The number of hydrogen-bond acceptors (Lipinski definition) is 3. The highest BCUT2D eigenvalue weighted by molar-refractivity contribution is 5.81. The topological polar surface area (TPSA) is 35.6 Å².